The SMILES string of the molecule is CCCC(=O)N(C)Cc1cccc(C(N)=S)c1. The zero-order chi connectivity index (χ0) is 12.8. The van der Waals surface area contributed by atoms with Gasteiger partial charge in [-0.05, 0) is 18.1 Å². The van der Waals surface area contributed by atoms with Gasteiger partial charge in [-0.1, -0.05) is 37.3 Å². The smallest absolute Gasteiger partial charge is 0.222 e. The minimum atomic E-state index is 0.160. The molecule has 0 spiro atoms. The van der Waals surface area contributed by atoms with Gasteiger partial charge >= 0.3 is 0 Å². The predicted molar refractivity (Wildman–Crippen MR) is 73.7 cm³/mol. The summed E-state index contributed by atoms with van der Waals surface area (Å²) in [5, 5.41) is 0. The van der Waals surface area contributed by atoms with Crippen molar-refractivity contribution >= 4 is 23.1 Å². The van der Waals surface area contributed by atoms with Crippen LogP contribution in [0, 0.1) is 0 Å². The van der Waals surface area contributed by atoms with Crippen LogP contribution in [0.25, 0.3) is 0 Å². The number of carbonyl (C=O) groups is 1. The topological polar surface area (TPSA) is 46.3 Å². The van der Waals surface area contributed by atoms with Crippen molar-refractivity contribution in [2.45, 2.75) is 26.3 Å². The fraction of sp³-hybridized carbons (Fsp3) is 0.385. The van der Waals surface area contributed by atoms with Gasteiger partial charge in [-0.25, -0.2) is 0 Å². The molecule has 0 aromatic heterocycles. The number of hydrogen-bond acceptors (Lipinski definition) is 2. The Bertz CT molecular complexity index is 418. The highest BCUT2D eigenvalue weighted by molar-refractivity contribution is 7.80. The van der Waals surface area contributed by atoms with Crippen LogP contribution < -0.4 is 5.73 Å². The number of nitrogens with zero attached hydrogens (tertiary/aromatic N) is 1. The van der Waals surface area contributed by atoms with E-state index in [0.717, 1.165) is 17.5 Å². The van der Waals surface area contributed by atoms with Crippen LogP contribution in [-0.2, 0) is 11.3 Å². The molecule has 1 aromatic rings. The van der Waals surface area contributed by atoms with Gasteiger partial charge in [-0.2, -0.15) is 0 Å². The van der Waals surface area contributed by atoms with Crippen molar-refractivity contribution in [3.05, 3.63) is 35.4 Å². The van der Waals surface area contributed by atoms with Gasteiger partial charge in [0.05, 0.1) is 0 Å². The largest absolute Gasteiger partial charge is 0.389 e. The third-order valence-electron chi connectivity index (χ3n) is 2.52. The number of carbonyl (C=O) groups excluding carboxylic acids is 1. The number of hydrogen-bond donors (Lipinski definition) is 1. The molecule has 0 unspecified atom stereocenters. The van der Waals surface area contributed by atoms with Crippen LogP contribution >= 0.6 is 12.2 Å². The molecule has 1 aromatic carbocycles. The molecule has 0 heterocycles. The third kappa shape index (κ3) is 4.15. The first-order valence-corrected chi connectivity index (χ1v) is 6.08. The minimum Gasteiger partial charge on any atom is -0.389 e. The molecule has 3 nitrogen and oxygen atoms in total. The van der Waals surface area contributed by atoms with Crippen molar-refractivity contribution in [1.82, 2.24) is 4.90 Å². The van der Waals surface area contributed by atoms with Crippen molar-refractivity contribution < 1.29 is 4.79 Å². The lowest BCUT2D eigenvalue weighted by Crippen LogP contribution is -2.25. The van der Waals surface area contributed by atoms with Crippen molar-refractivity contribution in [2.75, 3.05) is 7.05 Å². The molecular weight excluding hydrogens is 232 g/mol. The Kier molecular flexibility index (Phi) is 5.10. The van der Waals surface area contributed by atoms with E-state index in [1.165, 1.54) is 0 Å². The maximum absolute atomic E-state index is 11.6. The van der Waals surface area contributed by atoms with E-state index in [-0.39, 0.29) is 5.91 Å². The zero-order valence-electron chi connectivity index (χ0n) is 10.3. The number of amides is 1. The number of nitrogens with two attached hydrogens (primary N) is 1. The summed E-state index contributed by atoms with van der Waals surface area (Å²) in [7, 11) is 1.81. The first kappa shape index (κ1) is 13.6. The monoisotopic (exact) mass is 250 g/mol. The Labute approximate surface area is 108 Å². The van der Waals surface area contributed by atoms with E-state index < -0.39 is 0 Å². The molecule has 0 aliphatic heterocycles. The second-order valence-electron chi connectivity index (χ2n) is 4.06. The molecule has 17 heavy (non-hydrogen) atoms. The van der Waals surface area contributed by atoms with E-state index in [2.05, 4.69) is 0 Å². The summed E-state index contributed by atoms with van der Waals surface area (Å²) in [6, 6.07) is 7.68. The van der Waals surface area contributed by atoms with Gasteiger partial charge in [0, 0.05) is 25.6 Å². The molecule has 0 atom stereocenters. The summed E-state index contributed by atoms with van der Waals surface area (Å²) in [5.74, 6) is 0.160. The lowest BCUT2D eigenvalue weighted by molar-refractivity contribution is -0.130. The maximum atomic E-state index is 11.6. The second-order valence-corrected chi connectivity index (χ2v) is 4.50. The van der Waals surface area contributed by atoms with E-state index in [0.29, 0.717) is 18.0 Å². The van der Waals surface area contributed by atoms with Crippen molar-refractivity contribution in [2.24, 2.45) is 5.73 Å². The molecule has 0 aliphatic carbocycles. The van der Waals surface area contributed by atoms with E-state index in [9.17, 15) is 4.79 Å². The standard InChI is InChI=1S/C13H18N2OS/c1-3-5-12(16)15(2)9-10-6-4-7-11(8-10)13(14)17/h4,6-8H,3,5,9H2,1-2H3,(H2,14,17). The Morgan fingerprint density at radius 1 is 1.47 bits per heavy atom. The normalized spacial score (nSPS) is 10.0. The van der Waals surface area contributed by atoms with Gasteiger partial charge < -0.3 is 10.6 Å². The van der Waals surface area contributed by atoms with Gasteiger partial charge in [0.25, 0.3) is 0 Å². The summed E-state index contributed by atoms with van der Waals surface area (Å²) in [5.41, 5.74) is 7.46. The van der Waals surface area contributed by atoms with Gasteiger partial charge in [0.15, 0.2) is 0 Å². The Balaban J connectivity index is 2.71. The Morgan fingerprint density at radius 3 is 2.76 bits per heavy atom. The average molecular weight is 250 g/mol. The summed E-state index contributed by atoms with van der Waals surface area (Å²) >= 11 is 4.93. The fourth-order valence-electron chi connectivity index (χ4n) is 1.59. The molecule has 4 heteroatoms. The van der Waals surface area contributed by atoms with Crippen LogP contribution in [0.4, 0.5) is 0 Å². The van der Waals surface area contributed by atoms with Gasteiger partial charge in [-0.15, -0.1) is 0 Å². The van der Waals surface area contributed by atoms with Gasteiger partial charge in [-0.3, -0.25) is 4.79 Å². The Morgan fingerprint density at radius 2 is 2.18 bits per heavy atom. The zero-order valence-corrected chi connectivity index (χ0v) is 11.1. The second kappa shape index (κ2) is 6.35. The number of thiocarbonyl (C=S) groups is 1. The highest BCUT2D eigenvalue weighted by Crippen LogP contribution is 2.08. The number of benzene rings is 1. The lowest BCUT2D eigenvalue weighted by Gasteiger charge is -2.17. The first-order chi connectivity index (χ1) is 8.04. The summed E-state index contributed by atoms with van der Waals surface area (Å²) in [6.45, 7) is 2.59. The van der Waals surface area contributed by atoms with E-state index in [1.54, 1.807) is 4.90 Å². The molecule has 2 N–H and O–H groups in total. The highest BCUT2D eigenvalue weighted by atomic mass is 32.1. The molecular formula is C13H18N2OS. The molecule has 0 aliphatic rings. The quantitative estimate of drug-likeness (QED) is 0.814. The molecule has 92 valence electrons. The highest BCUT2D eigenvalue weighted by Gasteiger charge is 2.08. The van der Waals surface area contributed by atoms with Crippen LogP contribution in [0.3, 0.4) is 0 Å². The van der Waals surface area contributed by atoms with Gasteiger partial charge in [0.2, 0.25) is 5.91 Å². The summed E-state index contributed by atoms with van der Waals surface area (Å²) < 4.78 is 0. The van der Waals surface area contributed by atoms with Gasteiger partial charge in [0.1, 0.15) is 4.99 Å². The fourth-order valence-corrected chi connectivity index (χ4v) is 1.72. The van der Waals surface area contributed by atoms with E-state index >= 15 is 0 Å². The molecule has 1 rings (SSSR count). The van der Waals surface area contributed by atoms with Crippen molar-refractivity contribution in [3.8, 4) is 0 Å². The number of rotatable bonds is 5. The van der Waals surface area contributed by atoms with E-state index in [4.69, 9.17) is 18.0 Å². The van der Waals surface area contributed by atoms with E-state index in [1.807, 2.05) is 38.2 Å². The van der Waals surface area contributed by atoms with Crippen molar-refractivity contribution in [1.29, 1.82) is 0 Å². The van der Waals surface area contributed by atoms with Crippen LogP contribution in [0.15, 0.2) is 24.3 Å². The van der Waals surface area contributed by atoms with Crippen LogP contribution in [-0.4, -0.2) is 22.8 Å². The minimum absolute atomic E-state index is 0.160. The third-order valence-corrected chi connectivity index (χ3v) is 2.76. The first-order valence-electron chi connectivity index (χ1n) is 5.67. The summed E-state index contributed by atoms with van der Waals surface area (Å²) in [6.07, 6.45) is 1.46. The molecule has 0 bridgehead atoms. The maximum Gasteiger partial charge on any atom is 0.222 e. The lowest BCUT2D eigenvalue weighted by atomic mass is 10.1. The van der Waals surface area contributed by atoms with Crippen LogP contribution in [0.1, 0.15) is 30.9 Å². The molecule has 0 radical (unpaired) electrons. The molecule has 0 saturated heterocycles. The van der Waals surface area contributed by atoms with Crippen molar-refractivity contribution in [3.63, 3.8) is 0 Å². The Hall–Kier alpha value is -1.42. The predicted octanol–water partition coefficient (Wildman–Crippen LogP) is 2.08. The molecule has 1 amide bonds. The molecule has 0 saturated carbocycles. The average Bonchev–Trinajstić information content (AvgIpc) is 2.29. The molecule has 0 fully saturated rings. The van der Waals surface area contributed by atoms with Crippen LogP contribution in [0.2, 0.25) is 0 Å². The van der Waals surface area contributed by atoms with Crippen LogP contribution in [0.5, 0.6) is 0 Å². The summed E-state index contributed by atoms with van der Waals surface area (Å²) in [4.78, 5) is 13.7.